The van der Waals surface area contributed by atoms with Gasteiger partial charge in [0.25, 0.3) is 15.9 Å². The molecule has 0 aliphatic rings. The van der Waals surface area contributed by atoms with Gasteiger partial charge in [0.15, 0.2) is 0 Å². The number of para-hydroxylation sites is 1. The number of hydrogen-bond acceptors (Lipinski definition) is 4. The SMILES string of the molecule is O=C(NCc1cccc(-c2ccccc2)c1)c1cc(Cl)ccc1NS(=O)(=O)c1ccc(Oc2ccccc2Cl)cc1. The Balaban J connectivity index is 1.30. The number of carbonyl (C=O) groups excluding carboxylic acids is 1. The first-order valence-corrected chi connectivity index (χ1v) is 14.8. The summed E-state index contributed by atoms with van der Waals surface area (Å²) in [4.78, 5) is 13.2. The summed E-state index contributed by atoms with van der Waals surface area (Å²) >= 11 is 12.3. The molecule has 0 aliphatic carbocycles. The van der Waals surface area contributed by atoms with E-state index in [1.165, 1.54) is 42.5 Å². The van der Waals surface area contributed by atoms with Gasteiger partial charge in [-0.15, -0.1) is 0 Å². The van der Waals surface area contributed by atoms with Crippen molar-refractivity contribution in [2.45, 2.75) is 11.4 Å². The van der Waals surface area contributed by atoms with Crippen molar-refractivity contribution in [3.63, 3.8) is 0 Å². The van der Waals surface area contributed by atoms with E-state index in [0.29, 0.717) is 21.5 Å². The molecule has 1 amide bonds. The highest BCUT2D eigenvalue weighted by Crippen LogP contribution is 2.30. The van der Waals surface area contributed by atoms with Gasteiger partial charge in [0.05, 0.1) is 21.2 Å². The van der Waals surface area contributed by atoms with E-state index in [1.807, 2.05) is 54.6 Å². The molecule has 0 aromatic heterocycles. The molecule has 0 bridgehead atoms. The van der Waals surface area contributed by atoms with Crippen LogP contribution in [0.2, 0.25) is 10.0 Å². The first-order valence-electron chi connectivity index (χ1n) is 12.6. The first-order chi connectivity index (χ1) is 19.8. The lowest BCUT2D eigenvalue weighted by Crippen LogP contribution is -2.25. The van der Waals surface area contributed by atoms with Crippen LogP contribution in [0.1, 0.15) is 15.9 Å². The van der Waals surface area contributed by atoms with Crippen LogP contribution in [0, 0.1) is 0 Å². The van der Waals surface area contributed by atoms with Crippen molar-refractivity contribution in [1.82, 2.24) is 5.32 Å². The second-order valence-electron chi connectivity index (χ2n) is 9.05. The molecule has 0 spiro atoms. The van der Waals surface area contributed by atoms with Crippen molar-refractivity contribution >= 4 is 44.8 Å². The van der Waals surface area contributed by atoms with Crippen LogP contribution < -0.4 is 14.8 Å². The summed E-state index contributed by atoms with van der Waals surface area (Å²) < 4.78 is 34.6. The second-order valence-corrected chi connectivity index (χ2v) is 11.6. The molecule has 2 N–H and O–H groups in total. The maximum atomic E-state index is 13.2. The minimum Gasteiger partial charge on any atom is -0.456 e. The molecular weight excluding hydrogens is 579 g/mol. The van der Waals surface area contributed by atoms with Crippen molar-refractivity contribution in [3.05, 3.63) is 142 Å². The van der Waals surface area contributed by atoms with Crippen LogP contribution in [-0.4, -0.2) is 14.3 Å². The lowest BCUT2D eigenvalue weighted by atomic mass is 10.0. The van der Waals surface area contributed by atoms with Crippen molar-refractivity contribution in [2.75, 3.05) is 4.72 Å². The van der Waals surface area contributed by atoms with Gasteiger partial charge in [0.1, 0.15) is 11.5 Å². The third kappa shape index (κ3) is 7.08. The second kappa shape index (κ2) is 12.5. The Hall–Kier alpha value is -4.30. The summed E-state index contributed by atoms with van der Waals surface area (Å²) in [7, 11) is -4.04. The lowest BCUT2D eigenvalue weighted by molar-refractivity contribution is 0.0952. The highest BCUT2D eigenvalue weighted by atomic mass is 35.5. The molecule has 0 radical (unpaired) electrons. The molecule has 5 aromatic rings. The topological polar surface area (TPSA) is 84.5 Å². The fourth-order valence-corrected chi connectivity index (χ4v) is 5.53. The monoisotopic (exact) mass is 602 g/mol. The van der Waals surface area contributed by atoms with Crippen molar-refractivity contribution in [1.29, 1.82) is 0 Å². The van der Waals surface area contributed by atoms with Gasteiger partial charge in [-0.05, 0) is 77.4 Å². The van der Waals surface area contributed by atoms with Crippen LogP contribution in [0.4, 0.5) is 5.69 Å². The molecule has 5 rings (SSSR count). The summed E-state index contributed by atoms with van der Waals surface area (Å²) in [6, 6.07) is 35.0. The average molecular weight is 604 g/mol. The van der Waals surface area contributed by atoms with Gasteiger partial charge in [-0.1, -0.05) is 83.9 Å². The summed E-state index contributed by atoms with van der Waals surface area (Å²) in [5.74, 6) is 0.394. The number of nitrogens with one attached hydrogen (secondary N) is 2. The summed E-state index contributed by atoms with van der Waals surface area (Å²) in [6.45, 7) is 0.241. The molecule has 5 aromatic carbocycles. The molecule has 9 heteroatoms. The molecule has 0 saturated carbocycles. The van der Waals surface area contributed by atoms with E-state index in [4.69, 9.17) is 27.9 Å². The van der Waals surface area contributed by atoms with E-state index >= 15 is 0 Å². The molecule has 0 unspecified atom stereocenters. The molecule has 0 aliphatic heterocycles. The van der Waals surface area contributed by atoms with Gasteiger partial charge in [-0.25, -0.2) is 8.42 Å². The van der Waals surface area contributed by atoms with Gasteiger partial charge in [-0.2, -0.15) is 0 Å². The predicted octanol–water partition coefficient (Wildman–Crippen LogP) is 8.18. The van der Waals surface area contributed by atoms with Gasteiger partial charge in [0.2, 0.25) is 0 Å². The van der Waals surface area contributed by atoms with Crippen LogP contribution >= 0.6 is 23.2 Å². The van der Waals surface area contributed by atoms with Crippen LogP contribution in [0.5, 0.6) is 11.5 Å². The number of ether oxygens (including phenoxy) is 1. The van der Waals surface area contributed by atoms with Crippen molar-refractivity contribution in [2.24, 2.45) is 0 Å². The third-order valence-corrected chi connectivity index (χ3v) is 8.08. The predicted molar refractivity (Wildman–Crippen MR) is 163 cm³/mol. The Labute approximate surface area is 248 Å². The van der Waals surface area contributed by atoms with E-state index in [9.17, 15) is 13.2 Å². The molecule has 0 heterocycles. The van der Waals surface area contributed by atoms with Gasteiger partial charge >= 0.3 is 0 Å². The zero-order valence-corrected chi connectivity index (χ0v) is 23.9. The van der Waals surface area contributed by atoms with E-state index in [1.54, 1.807) is 24.3 Å². The Bertz CT molecular complexity index is 1800. The largest absolute Gasteiger partial charge is 0.456 e. The normalized spacial score (nSPS) is 11.1. The smallest absolute Gasteiger partial charge is 0.261 e. The fraction of sp³-hybridized carbons (Fsp3) is 0.0312. The van der Waals surface area contributed by atoms with Crippen LogP contribution in [0.25, 0.3) is 11.1 Å². The number of rotatable bonds is 9. The average Bonchev–Trinajstić information content (AvgIpc) is 2.99. The van der Waals surface area contributed by atoms with E-state index in [0.717, 1.165) is 16.7 Å². The zero-order valence-electron chi connectivity index (χ0n) is 21.6. The fourth-order valence-electron chi connectivity index (χ4n) is 4.11. The lowest BCUT2D eigenvalue weighted by Gasteiger charge is -2.14. The quantitative estimate of drug-likeness (QED) is 0.178. The standard InChI is InChI=1S/C32H24Cl2N2O4S/c33-25-13-18-30(36-41(38,39)27-16-14-26(15-17-27)40-31-12-5-4-11-29(31)34)28(20-25)32(37)35-21-22-7-6-10-24(19-22)23-8-2-1-3-9-23/h1-20,36H,21H2,(H,35,37). The van der Waals surface area contributed by atoms with Crippen LogP contribution in [0.15, 0.2) is 126 Å². The maximum absolute atomic E-state index is 13.2. The number of carbonyl (C=O) groups is 1. The summed E-state index contributed by atoms with van der Waals surface area (Å²) in [5.41, 5.74) is 3.18. The van der Waals surface area contributed by atoms with Gasteiger partial charge < -0.3 is 10.1 Å². The highest BCUT2D eigenvalue weighted by molar-refractivity contribution is 7.92. The Morgan fingerprint density at radius 2 is 1.44 bits per heavy atom. The number of anilines is 1. The molecule has 41 heavy (non-hydrogen) atoms. The summed E-state index contributed by atoms with van der Waals surface area (Å²) in [6.07, 6.45) is 0. The first kappa shape index (κ1) is 28.2. The molecular formula is C32H24Cl2N2O4S. The van der Waals surface area contributed by atoms with Gasteiger partial charge in [-0.3, -0.25) is 9.52 Å². The minimum atomic E-state index is -4.04. The third-order valence-electron chi connectivity index (χ3n) is 6.16. The number of sulfonamides is 1. The van der Waals surface area contributed by atoms with E-state index in [2.05, 4.69) is 10.0 Å². The van der Waals surface area contributed by atoms with E-state index in [-0.39, 0.29) is 22.7 Å². The van der Waals surface area contributed by atoms with E-state index < -0.39 is 15.9 Å². The number of hydrogen-bond donors (Lipinski definition) is 2. The Morgan fingerprint density at radius 3 is 2.20 bits per heavy atom. The number of amides is 1. The Kier molecular flexibility index (Phi) is 8.59. The number of benzene rings is 5. The molecule has 0 saturated heterocycles. The molecule has 0 atom stereocenters. The maximum Gasteiger partial charge on any atom is 0.261 e. The highest BCUT2D eigenvalue weighted by Gasteiger charge is 2.20. The number of halogens is 2. The van der Waals surface area contributed by atoms with Crippen LogP contribution in [-0.2, 0) is 16.6 Å². The van der Waals surface area contributed by atoms with Crippen LogP contribution in [0.3, 0.4) is 0 Å². The van der Waals surface area contributed by atoms with Crippen molar-refractivity contribution in [3.8, 4) is 22.6 Å². The zero-order chi connectivity index (χ0) is 28.8. The molecule has 206 valence electrons. The molecule has 6 nitrogen and oxygen atoms in total. The summed E-state index contributed by atoms with van der Waals surface area (Å²) in [5, 5.41) is 3.59. The molecule has 0 fully saturated rings. The van der Waals surface area contributed by atoms with Gasteiger partial charge in [0, 0.05) is 11.6 Å². The minimum absolute atomic E-state index is 0.0111. The van der Waals surface area contributed by atoms with Crippen molar-refractivity contribution < 1.29 is 17.9 Å². The Morgan fingerprint density at radius 1 is 0.732 bits per heavy atom.